The monoisotopic (exact) mass is 284 g/mol. The zero-order valence-corrected chi connectivity index (χ0v) is 10.3. The summed E-state index contributed by atoms with van der Waals surface area (Å²) in [6, 6.07) is 1.24. The summed E-state index contributed by atoms with van der Waals surface area (Å²) in [4.78, 5) is 13.4. The highest BCUT2D eigenvalue weighted by Gasteiger charge is 2.26. The third-order valence-corrected chi connectivity index (χ3v) is 2.45. The molecule has 106 valence electrons. The Balaban J connectivity index is 2.49. The average molecular weight is 284 g/mol. The number of nitro benzene ring substituents is 1. The fourth-order valence-electron chi connectivity index (χ4n) is 1.60. The Kier molecular flexibility index (Phi) is 3.70. The van der Waals surface area contributed by atoms with Gasteiger partial charge in [-0.3, -0.25) is 10.1 Å². The summed E-state index contributed by atoms with van der Waals surface area (Å²) in [5, 5.41) is 14.1. The van der Waals surface area contributed by atoms with Crippen molar-refractivity contribution in [3.05, 3.63) is 39.7 Å². The smallest absolute Gasteiger partial charge is 0.305 e. The largest absolute Gasteiger partial charge is 0.334 e. The number of halogens is 2. The highest BCUT2D eigenvalue weighted by molar-refractivity contribution is 5.60. The van der Waals surface area contributed by atoms with E-state index in [0.717, 1.165) is 12.1 Å². The van der Waals surface area contributed by atoms with Gasteiger partial charge in [0.15, 0.2) is 5.82 Å². The molecule has 0 spiro atoms. The second kappa shape index (κ2) is 5.29. The molecule has 0 aliphatic rings. The van der Waals surface area contributed by atoms with Gasteiger partial charge in [-0.25, -0.2) is 4.39 Å². The lowest BCUT2D eigenvalue weighted by molar-refractivity contribution is -0.387. The Morgan fingerprint density at radius 1 is 1.50 bits per heavy atom. The van der Waals surface area contributed by atoms with Gasteiger partial charge in [-0.15, -0.1) is 0 Å². The number of nitrogens with two attached hydrogens (primary N) is 1. The lowest BCUT2D eigenvalue weighted by Gasteiger charge is -2.00. The van der Waals surface area contributed by atoms with Gasteiger partial charge in [0.2, 0.25) is 5.82 Å². The molecule has 0 saturated heterocycles. The normalized spacial score (nSPS) is 12.4. The third-order valence-electron chi connectivity index (χ3n) is 2.45. The standard InChI is InChI=1S/C11H10F2N4O3/c1-5(14)4-8-15-11(20-16-8)9-6(12)2-3-7(10(9)13)17(18)19/h2-3,5H,4,14H2,1H3. The lowest BCUT2D eigenvalue weighted by Crippen LogP contribution is -2.18. The molecular formula is C11H10F2N4O3. The Hall–Kier alpha value is -2.42. The van der Waals surface area contributed by atoms with Crippen molar-refractivity contribution < 1.29 is 18.2 Å². The minimum Gasteiger partial charge on any atom is -0.334 e. The quantitative estimate of drug-likeness (QED) is 0.677. The van der Waals surface area contributed by atoms with Gasteiger partial charge in [0.25, 0.3) is 5.89 Å². The Morgan fingerprint density at radius 2 is 2.20 bits per heavy atom. The molecule has 1 unspecified atom stereocenters. The zero-order valence-electron chi connectivity index (χ0n) is 10.3. The van der Waals surface area contributed by atoms with Crippen LogP contribution in [-0.2, 0) is 6.42 Å². The summed E-state index contributed by atoms with van der Waals surface area (Å²) in [5.41, 5.74) is 3.95. The molecule has 1 heterocycles. The van der Waals surface area contributed by atoms with Gasteiger partial charge >= 0.3 is 5.69 Å². The summed E-state index contributed by atoms with van der Waals surface area (Å²) in [6.07, 6.45) is 0.252. The van der Waals surface area contributed by atoms with E-state index in [1.54, 1.807) is 6.92 Å². The topological polar surface area (TPSA) is 108 Å². The minimum atomic E-state index is -1.36. The first kappa shape index (κ1) is 14.0. The number of benzene rings is 1. The van der Waals surface area contributed by atoms with Gasteiger partial charge in [0.1, 0.15) is 11.4 Å². The summed E-state index contributed by atoms with van der Waals surface area (Å²) in [7, 11) is 0. The van der Waals surface area contributed by atoms with Crippen LogP contribution in [0.2, 0.25) is 0 Å². The molecule has 0 bridgehead atoms. The fourth-order valence-corrected chi connectivity index (χ4v) is 1.60. The second-order valence-electron chi connectivity index (χ2n) is 4.21. The number of rotatable bonds is 4. The molecule has 2 N–H and O–H groups in total. The molecule has 0 amide bonds. The highest BCUT2D eigenvalue weighted by atomic mass is 19.1. The van der Waals surface area contributed by atoms with Gasteiger partial charge in [0, 0.05) is 18.5 Å². The number of nitrogens with zero attached hydrogens (tertiary/aromatic N) is 3. The number of hydrogen-bond donors (Lipinski definition) is 1. The van der Waals surface area contributed by atoms with Gasteiger partial charge < -0.3 is 10.3 Å². The van der Waals surface area contributed by atoms with E-state index < -0.39 is 33.7 Å². The van der Waals surface area contributed by atoms with Crippen molar-refractivity contribution in [2.45, 2.75) is 19.4 Å². The van der Waals surface area contributed by atoms with Crippen LogP contribution >= 0.6 is 0 Å². The average Bonchev–Trinajstić information content (AvgIpc) is 2.75. The van der Waals surface area contributed by atoms with E-state index in [1.165, 1.54) is 0 Å². The van der Waals surface area contributed by atoms with Crippen molar-refractivity contribution in [3.8, 4) is 11.5 Å². The second-order valence-corrected chi connectivity index (χ2v) is 4.21. The SMILES string of the molecule is CC(N)Cc1noc(-c2c(F)ccc([N+](=O)[O-])c2F)n1. The molecule has 1 aromatic carbocycles. The molecule has 0 aliphatic heterocycles. The van der Waals surface area contributed by atoms with E-state index in [1.807, 2.05) is 0 Å². The molecule has 0 radical (unpaired) electrons. The fraction of sp³-hybridized carbons (Fsp3) is 0.273. The van der Waals surface area contributed by atoms with E-state index in [9.17, 15) is 18.9 Å². The maximum Gasteiger partial charge on any atom is 0.305 e. The summed E-state index contributed by atoms with van der Waals surface area (Å²) in [5.74, 6) is -2.67. The van der Waals surface area contributed by atoms with Crippen LogP contribution in [0.4, 0.5) is 14.5 Å². The molecule has 1 aromatic heterocycles. The predicted octanol–water partition coefficient (Wildman–Crippen LogP) is 1.81. The van der Waals surface area contributed by atoms with E-state index >= 15 is 0 Å². The van der Waals surface area contributed by atoms with Crippen molar-refractivity contribution in [1.82, 2.24) is 10.1 Å². The number of aromatic nitrogens is 2. The van der Waals surface area contributed by atoms with Crippen LogP contribution in [0.3, 0.4) is 0 Å². The maximum absolute atomic E-state index is 13.9. The van der Waals surface area contributed by atoms with E-state index in [4.69, 9.17) is 10.3 Å². The molecule has 2 rings (SSSR count). The molecular weight excluding hydrogens is 274 g/mol. The molecule has 0 fully saturated rings. The van der Waals surface area contributed by atoms with Crippen LogP contribution in [0.15, 0.2) is 16.7 Å². The molecule has 0 saturated carbocycles. The minimum absolute atomic E-state index is 0.167. The van der Waals surface area contributed by atoms with Crippen molar-refractivity contribution >= 4 is 5.69 Å². The van der Waals surface area contributed by atoms with Crippen LogP contribution in [0.25, 0.3) is 11.5 Å². The Bertz CT molecular complexity index is 657. The van der Waals surface area contributed by atoms with Gasteiger partial charge in [-0.2, -0.15) is 9.37 Å². The molecule has 1 atom stereocenters. The zero-order chi connectivity index (χ0) is 14.9. The first-order valence-corrected chi connectivity index (χ1v) is 5.61. The molecule has 2 aromatic rings. The summed E-state index contributed by atoms with van der Waals surface area (Å²) >= 11 is 0. The highest BCUT2D eigenvalue weighted by Crippen LogP contribution is 2.30. The Morgan fingerprint density at radius 3 is 2.80 bits per heavy atom. The van der Waals surface area contributed by atoms with Crippen molar-refractivity contribution in [2.75, 3.05) is 0 Å². The van der Waals surface area contributed by atoms with Crippen LogP contribution in [0.1, 0.15) is 12.7 Å². The van der Waals surface area contributed by atoms with Crippen LogP contribution < -0.4 is 5.73 Å². The molecule has 7 nitrogen and oxygen atoms in total. The maximum atomic E-state index is 13.9. The van der Waals surface area contributed by atoms with Gasteiger partial charge in [0.05, 0.1) is 4.92 Å². The summed E-state index contributed by atoms with van der Waals surface area (Å²) < 4.78 is 32.3. The molecule has 9 heteroatoms. The molecule has 0 aliphatic carbocycles. The molecule has 20 heavy (non-hydrogen) atoms. The third kappa shape index (κ3) is 2.62. The van der Waals surface area contributed by atoms with Crippen molar-refractivity contribution in [3.63, 3.8) is 0 Å². The summed E-state index contributed by atoms with van der Waals surface area (Å²) in [6.45, 7) is 1.70. The lowest BCUT2D eigenvalue weighted by atomic mass is 10.1. The number of nitro groups is 1. The van der Waals surface area contributed by atoms with E-state index in [-0.39, 0.29) is 18.3 Å². The first-order chi connectivity index (χ1) is 9.40. The Labute approximate surface area is 111 Å². The van der Waals surface area contributed by atoms with Gasteiger partial charge in [-0.1, -0.05) is 5.16 Å². The van der Waals surface area contributed by atoms with Crippen LogP contribution in [-0.4, -0.2) is 21.1 Å². The number of hydrogen-bond acceptors (Lipinski definition) is 6. The van der Waals surface area contributed by atoms with Crippen molar-refractivity contribution in [1.29, 1.82) is 0 Å². The van der Waals surface area contributed by atoms with Crippen molar-refractivity contribution in [2.24, 2.45) is 5.73 Å². The van der Waals surface area contributed by atoms with E-state index in [0.29, 0.717) is 0 Å². The van der Waals surface area contributed by atoms with E-state index in [2.05, 4.69) is 10.1 Å². The predicted molar refractivity (Wildman–Crippen MR) is 63.7 cm³/mol. The first-order valence-electron chi connectivity index (χ1n) is 5.61. The van der Waals surface area contributed by atoms with Crippen LogP contribution in [0, 0.1) is 21.7 Å². The van der Waals surface area contributed by atoms with Crippen LogP contribution in [0.5, 0.6) is 0 Å². The van der Waals surface area contributed by atoms with Gasteiger partial charge in [-0.05, 0) is 13.0 Å².